The van der Waals surface area contributed by atoms with Crippen molar-refractivity contribution in [1.29, 1.82) is 0 Å². The van der Waals surface area contributed by atoms with E-state index < -0.39 is 0 Å². The van der Waals surface area contributed by atoms with E-state index in [4.69, 9.17) is 0 Å². The lowest BCUT2D eigenvalue weighted by Crippen LogP contribution is -2.24. The Hall–Kier alpha value is -2.51. The summed E-state index contributed by atoms with van der Waals surface area (Å²) in [5, 5.41) is 21.3. The van der Waals surface area contributed by atoms with E-state index in [2.05, 4.69) is 31.1 Å². The molecule has 2 aromatic rings. The van der Waals surface area contributed by atoms with Crippen molar-refractivity contribution in [2.45, 2.75) is 19.9 Å². The number of carbonyl (C=O) groups excluding carboxylic acids is 1. The van der Waals surface area contributed by atoms with Gasteiger partial charge in [0.15, 0.2) is 5.69 Å². The number of amides is 1. The molecule has 8 nitrogen and oxygen atoms in total. The van der Waals surface area contributed by atoms with Gasteiger partial charge in [-0.15, -0.1) is 15.3 Å². The van der Waals surface area contributed by atoms with Gasteiger partial charge in [0, 0.05) is 25.8 Å². The van der Waals surface area contributed by atoms with Gasteiger partial charge in [-0.05, 0) is 25.5 Å². The predicted molar refractivity (Wildman–Crippen MR) is 73.2 cm³/mol. The van der Waals surface area contributed by atoms with Crippen molar-refractivity contribution >= 4 is 11.7 Å². The SMILES string of the molecule is CCNC(=O)c1ccc(NCCCn2ccnn2)nn1. The summed E-state index contributed by atoms with van der Waals surface area (Å²) in [4.78, 5) is 11.5. The van der Waals surface area contributed by atoms with Gasteiger partial charge in [-0.2, -0.15) is 0 Å². The van der Waals surface area contributed by atoms with E-state index in [1.165, 1.54) is 0 Å². The molecule has 0 aliphatic heterocycles. The van der Waals surface area contributed by atoms with Gasteiger partial charge in [-0.1, -0.05) is 5.21 Å². The fourth-order valence-corrected chi connectivity index (χ4v) is 1.61. The van der Waals surface area contributed by atoms with E-state index in [9.17, 15) is 4.79 Å². The summed E-state index contributed by atoms with van der Waals surface area (Å²) < 4.78 is 1.77. The van der Waals surface area contributed by atoms with Gasteiger partial charge in [0.25, 0.3) is 5.91 Å². The van der Waals surface area contributed by atoms with Crippen LogP contribution < -0.4 is 10.6 Å². The van der Waals surface area contributed by atoms with Crippen molar-refractivity contribution < 1.29 is 4.79 Å². The van der Waals surface area contributed by atoms with E-state index in [-0.39, 0.29) is 5.91 Å². The third-order valence-corrected chi connectivity index (χ3v) is 2.58. The molecular weight excluding hydrogens is 258 g/mol. The minimum Gasteiger partial charge on any atom is -0.369 e. The Morgan fingerprint density at radius 2 is 2.25 bits per heavy atom. The summed E-state index contributed by atoms with van der Waals surface area (Å²) >= 11 is 0. The first kappa shape index (κ1) is 13.9. The van der Waals surface area contributed by atoms with E-state index in [0.717, 1.165) is 19.5 Å². The zero-order valence-corrected chi connectivity index (χ0v) is 11.3. The van der Waals surface area contributed by atoms with Gasteiger partial charge in [0.05, 0.1) is 6.20 Å². The number of hydrogen-bond acceptors (Lipinski definition) is 6. The molecule has 0 unspecified atom stereocenters. The van der Waals surface area contributed by atoms with Crippen LogP contribution in [0.15, 0.2) is 24.5 Å². The lowest BCUT2D eigenvalue weighted by Gasteiger charge is -2.05. The average Bonchev–Trinajstić information content (AvgIpc) is 2.98. The van der Waals surface area contributed by atoms with E-state index >= 15 is 0 Å². The zero-order chi connectivity index (χ0) is 14.2. The lowest BCUT2D eigenvalue weighted by atomic mass is 10.3. The molecular formula is C12H17N7O. The first-order chi connectivity index (χ1) is 9.79. The maximum absolute atomic E-state index is 11.5. The Balaban J connectivity index is 1.74. The molecule has 0 aliphatic carbocycles. The molecule has 0 aromatic carbocycles. The van der Waals surface area contributed by atoms with Gasteiger partial charge in [-0.25, -0.2) is 0 Å². The van der Waals surface area contributed by atoms with E-state index in [1.807, 2.05) is 13.1 Å². The van der Waals surface area contributed by atoms with Crippen LogP contribution in [0.3, 0.4) is 0 Å². The fourth-order valence-electron chi connectivity index (χ4n) is 1.61. The van der Waals surface area contributed by atoms with Gasteiger partial charge < -0.3 is 10.6 Å². The second-order valence-electron chi connectivity index (χ2n) is 4.11. The molecule has 0 spiro atoms. The van der Waals surface area contributed by atoms with Gasteiger partial charge in [0.2, 0.25) is 0 Å². The normalized spacial score (nSPS) is 10.2. The van der Waals surface area contributed by atoms with Gasteiger partial charge in [0.1, 0.15) is 5.82 Å². The molecule has 106 valence electrons. The summed E-state index contributed by atoms with van der Waals surface area (Å²) in [5.41, 5.74) is 0.319. The molecule has 8 heteroatoms. The number of anilines is 1. The molecule has 2 rings (SSSR count). The second kappa shape index (κ2) is 7.17. The summed E-state index contributed by atoms with van der Waals surface area (Å²) in [6, 6.07) is 3.39. The Kier molecular flexibility index (Phi) is 4.99. The van der Waals surface area contributed by atoms with Crippen LogP contribution in [0.25, 0.3) is 0 Å². The largest absolute Gasteiger partial charge is 0.369 e. The Morgan fingerprint density at radius 3 is 2.90 bits per heavy atom. The fraction of sp³-hybridized carbons (Fsp3) is 0.417. The van der Waals surface area contributed by atoms with Crippen molar-refractivity contribution in [3.05, 3.63) is 30.2 Å². The summed E-state index contributed by atoms with van der Waals surface area (Å²) in [5.74, 6) is 0.439. The molecule has 2 aromatic heterocycles. The number of aryl methyl sites for hydroxylation is 1. The van der Waals surface area contributed by atoms with Crippen molar-refractivity contribution in [3.8, 4) is 0 Å². The number of nitrogens with zero attached hydrogens (tertiary/aromatic N) is 5. The molecule has 0 bridgehead atoms. The van der Waals surface area contributed by atoms with E-state index in [0.29, 0.717) is 18.1 Å². The maximum Gasteiger partial charge on any atom is 0.271 e. The number of hydrogen-bond donors (Lipinski definition) is 2. The third-order valence-electron chi connectivity index (χ3n) is 2.58. The van der Waals surface area contributed by atoms with Crippen LogP contribution in [0, 0.1) is 0 Å². The Bertz CT molecular complexity index is 523. The predicted octanol–water partition coefficient (Wildman–Crippen LogP) is 0.320. The molecule has 2 heterocycles. The lowest BCUT2D eigenvalue weighted by molar-refractivity contribution is 0.0950. The molecule has 0 aliphatic rings. The molecule has 2 N–H and O–H groups in total. The summed E-state index contributed by atoms with van der Waals surface area (Å²) in [7, 11) is 0. The molecule has 1 amide bonds. The monoisotopic (exact) mass is 275 g/mol. The topological polar surface area (TPSA) is 97.6 Å². The quantitative estimate of drug-likeness (QED) is 0.706. The highest BCUT2D eigenvalue weighted by molar-refractivity contribution is 5.92. The third kappa shape index (κ3) is 4.01. The Labute approximate surface area is 116 Å². The minimum atomic E-state index is -0.210. The summed E-state index contributed by atoms with van der Waals surface area (Å²) in [6.07, 6.45) is 4.36. The minimum absolute atomic E-state index is 0.210. The molecule has 20 heavy (non-hydrogen) atoms. The van der Waals surface area contributed by atoms with Crippen molar-refractivity contribution in [2.75, 3.05) is 18.4 Å². The zero-order valence-electron chi connectivity index (χ0n) is 11.3. The highest BCUT2D eigenvalue weighted by atomic mass is 16.1. The standard InChI is InChI=1S/C12H17N7O/c1-2-13-12(20)10-4-5-11(17-16-10)14-6-3-8-19-9-7-15-18-19/h4-5,7,9H,2-3,6,8H2,1H3,(H,13,20)(H,14,17). The van der Waals surface area contributed by atoms with Crippen LogP contribution in [0.5, 0.6) is 0 Å². The number of aromatic nitrogens is 5. The molecule has 0 saturated carbocycles. The van der Waals surface area contributed by atoms with Crippen molar-refractivity contribution in [1.82, 2.24) is 30.5 Å². The second-order valence-corrected chi connectivity index (χ2v) is 4.11. The van der Waals surface area contributed by atoms with Crippen molar-refractivity contribution in [3.63, 3.8) is 0 Å². The van der Waals surface area contributed by atoms with Crippen LogP contribution >= 0.6 is 0 Å². The van der Waals surface area contributed by atoms with E-state index in [1.54, 1.807) is 23.0 Å². The summed E-state index contributed by atoms with van der Waals surface area (Å²) in [6.45, 7) is 3.96. The molecule has 0 fully saturated rings. The highest BCUT2D eigenvalue weighted by Gasteiger charge is 2.06. The van der Waals surface area contributed by atoms with Crippen LogP contribution in [-0.4, -0.2) is 44.2 Å². The van der Waals surface area contributed by atoms with Gasteiger partial charge in [-0.3, -0.25) is 9.48 Å². The molecule has 0 radical (unpaired) electrons. The molecule has 0 saturated heterocycles. The van der Waals surface area contributed by atoms with Gasteiger partial charge >= 0.3 is 0 Å². The molecule has 0 atom stereocenters. The van der Waals surface area contributed by atoms with Crippen LogP contribution in [-0.2, 0) is 6.54 Å². The van der Waals surface area contributed by atoms with Crippen LogP contribution in [0.4, 0.5) is 5.82 Å². The highest BCUT2D eigenvalue weighted by Crippen LogP contribution is 2.02. The maximum atomic E-state index is 11.5. The Morgan fingerprint density at radius 1 is 1.35 bits per heavy atom. The number of rotatable bonds is 7. The van der Waals surface area contributed by atoms with Crippen LogP contribution in [0.2, 0.25) is 0 Å². The number of carbonyl (C=O) groups is 1. The smallest absolute Gasteiger partial charge is 0.271 e. The van der Waals surface area contributed by atoms with Crippen LogP contribution in [0.1, 0.15) is 23.8 Å². The van der Waals surface area contributed by atoms with Crippen molar-refractivity contribution in [2.24, 2.45) is 0 Å². The first-order valence-corrected chi connectivity index (χ1v) is 6.49. The first-order valence-electron chi connectivity index (χ1n) is 6.49. The average molecular weight is 275 g/mol. The number of nitrogens with one attached hydrogen (secondary N) is 2.